The molecule has 0 amide bonds. The van der Waals surface area contributed by atoms with Crippen LogP contribution in [0.15, 0.2) is 22.8 Å². The Morgan fingerprint density at radius 1 is 1.28 bits per heavy atom. The zero-order chi connectivity index (χ0) is 13.5. The minimum absolute atomic E-state index is 0.759. The van der Waals surface area contributed by atoms with Gasteiger partial charge in [0.25, 0.3) is 0 Å². The van der Waals surface area contributed by atoms with E-state index in [9.17, 15) is 0 Å². The monoisotopic (exact) mass is 249 g/mol. The van der Waals surface area contributed by atoms with Gasteiger partial charge in [-0.15, -0.1) is 0 Å². The highest BCUT2D eigenvalue weighted by molar-refractivity contribution is 5.37. The predicted octanol–water partition coefficient (Wildman–Crippen LogP) is 4.70. The van der Waals surface area contributed by atoms with Crippen molar-refractivity contribution >= 4 is 0 Å². The van der Waals surface area contributed by atoms with Crippen LogP contribution in [-0.2, 0) is 0 Å². The molecule has 0 bridgehead atoms. The van der Waals surface area contributed by atoms with Gasteiger partial charge < -0.3 is 5.32 Å². The van der Waals surface area contributed by atoms with E-state index in [0.29, 0.717) is 0 Å². The third kappa shape index (κ3) is 4.28. The van der Waals surface area contributed by atoms with Crippen molar-refractivity contribution in [3.8, 4) is 0 Å². The van der Waals surface area contributed by atoms with Crippen LogP contribution in [0.3, 0.4) is 0 Å². The maximum atomic E-state index is 3.25. The Balaban J connectivity index is 0.000000771. The van der Waals surface area contributed by atoms with E-state index in [-0.39, 0.29) is 0 Å². The highest BCUT2D eigenvalue weighted by Gasteiger charge is 2.28. The summed E-state index contributed by atoms with van der Waals surface area (Å²) in [7, 11) is 2.04. The number of hydrogen-bond acceptors (Lipinski definition) is 1. The molecule has 1 saturated carbocycles. The second-order valence-electron chi connectivity index (χ2n) is 5.52. The summed E-state index contributed by atoms with van der Waals surface area (Å²) in [6.07, 6.45) is 9.29. The fraction of sp³-hybridized carbons (Fsp3) is 0.765. The average Bonchev–Trinajstić information content (AvgIpc) is 3.23. The van der Waals surface area contributed by atoms with Crippen molar-refractivity contribution in [2.24, 2.45) is 11.8 Å². The van der Waals surface area contributed by atoms with Crippen LogP contribution in [0, 0.1) is 11.8 Å². The molecule has 1 unspecified atom stereocenters. The predicted molar refractivity (Wildman–Crippen MR) is 81.8 cm³/mol. The van der Waals surface area contributed by atoms with Gasteiger partial charge in [-0.05, 0) is 70.0 Å². The van der Waals surface area contributed by atoms with Crippen molar-refractivity contribution in [2.45, 2.75) is 59.8 Å². The molecular formula is C17H31N. The minimum atomic E-state index is 0.759. The SMILES string of the molecule is CC.CNCCC(C)C1=CC(C2CC2)=C(C)CC1. The molecule has 1 heteroatoms. The Morgan fingerprint density at radius 2 is 1.94 bits per heavy atom. The van der Waals surface area contributed by atoms with Crippen LogP contribution in [0.1, 0.15) is 59.8 Å². The topological polar surface area (TPSA) is 12.0 Å². The van der Waals surface area contributed by atoms with Gasteiger partial charge in [0, 0.05) is 0 Å². The molecule has 0 saturated heterocycles. The maximum Gasteiger partial charge on any atom is -0.00463 e. The molecule has 1 atom stereocenters. The molecule has 1 N–H and O–H groups in total. The molecule has 1 fully saturated rings. The summed E-state index contributed by atoms with van der Waals surface area (Å²) in [6.45, 7) is 9.85. The summed E-state index contributed by atoms with van der Waals surface area (Å²) in [4.78, 5) is 0. The first kappa shape index (κ1) is 15.5. The van der Waals surface area contributed by atoms with Crippen molar-refractivity contribution in [3.05, 3.63) is 22.8 Å². The molecule has 1 nitrogen and oxygen atoms in total. The first-order valence-corrected chi connectivity index (χ1v) is 7.77. The van der Waals surface area contributed by atoms with E-state index in [0.717, 1.165) is 18.4 Å². The van der Waals surface area contributed by atoms with E-state index in [2.05, 4.69) is 25.2 Å². The molecule has 2 aliphatic carbocycles. The second kappa shape index (κ2) is 7.78. The normalized spacial score (nSPS) is 21.1. The van der Waals surface area contributed by atoms with Gasteiger partial charge in [0.15, 0.2) is 0 Å². The highest BCUT2D eigenvalue weighted by Crippen LogP contribution is 2.43. The van der Waals surface area contributed by atoms with Crippen LogP contribution in [0.25, 0.3) is 0 Å². The van der Waals surface area contributed by atoms with Crippen LogP contribution < -0.4 is 5.32 Å². The van der Waals surface area contributed by atoms with E-state index in [1.54, 1.807) is 16.7 Å². The molecule has 0 heterocycles. The van der Waals surface area contributed by atoms with Gasteiger partial charge in [-0.25, -0.2) is 0 Å². The van der Waals surface area contributed by atoms with Gasteiger partial charge in [0.1, 0.15) is 0 Å². The Kier molecular flexibility index (Phi) is 6.70. The quantitative estimate of drug-likeness (QED) is 0.744. The number of nitrogens with one attached hydrogen (secondary N) is 1. The standard InChI is InChI=1S/C15H25N.C2H6/c1-11(8-9-16-3)14-5-4-12(2)15(10-14)13-6-7-13;1-2/h10-11,13,16H,4-9H2,1-3H3;1-2H3. The van der Waals surface area contributed by atoms with E-state index >= 15 is 0 Å². The van der Waals surface area contributed by atoms with Gasteiger partial charge in [-0.1, -0.05) is 38.0 Å². The molecule has 0 spiro atoms. The van der Waals surface area contributed by atoms with E-state index in [4.69, 9.17) is 0 Å². The summed E-state index contributed by atoms with van der Waals surface area (Å²) in [6, 6.07) is 0. The zero-order valence-electron chi connectivity index (χ0n) is 13.0. The van der Waals surface area contributed by atoms with Gasteiger partial charge >= 0.3 is 0 Å². The lowest BCUT2D eigenvalue weighted by atomic mass is 9.84. The second-order valence-corrected chi connectivity index (χ2v) is 5.52. The Bertz CT molecular complexity index is 308. The molecular weight excluding hydrogens is 218 g/mol. The van der Waals surface area contributed by atoms with Gasteiger partial charge in [0.2, 0.25) is 0 Å². The molecule has 2 rings (SSSR count). The molecule has 0 radical (unpaired) electrons. The summed E-state index contributed by atoms with van der Waals surface area (Å²) in [5.74, 6) is 1.68. The number of allylic oxidation sites excluding steroid dienone is 4. The number of rotatable bonds is 5. The lowest BCUT2D eigenvalue weighted by Crippen LogP contribution is -2.14. The molecule has 104 valence electrons. The molecule has 0 aromatic carbocycles. The van der Waals surface area contributed by atoms with Crippen molar-refractivity contribution in [3.63, 3.8) is 0 Å². The molecule has 18 heavy (non-hydrogen) atoms. The Labute approximate surface area is 114 Å². The lowest BCUT2D eigenvalue weighted by molar-refractivity contribution is 0.559. The molecule has 0 aliphatic heterocycles. The summed E-state index contributed by atoms with van der Waals surface area (Å²) in [5.41, 5.74) is 5.05. The zero-order valence-corrected chi connectivity index (χ0v) is 13.0. The fourth-order valence-electron chi connectivity index (χ4n) is 2.67. The van der Waals surface area contributed by atoms with Gasteiger partial charge in [0.05, 0.1) is 0 Å². The summed E-state index contributed by atoms with van der Waals surface area (Å²) in [5, 5.41) is 3.25. The van der Waals surface area contributed by atoms with Crippen molar-refractivity contribution < 1.29 is 0 Å². The van der Waals surface area contributed by atoms with E-state index in [1.807, 2.05) is 20.9 Å². The Hall–Kier alpha value is -0.560. The van der Waals surface area contributed by atoms with Crippen molar-refractivity contribution in [2.75, 3.05) is 13.6 Å². The van der Waals surface area contributed by atoms with E-state index < -0.39 is 0 Å². The van der Waals surface area contributed by atoms with Crippen molar-refractivity contribution in [1.82, 2.24) is 5.32 Å². The average molecular weight is 249 g/mol. The van der Waals surface area contributed by atoms with Crippen LogP contribution in [0.4, 0.5) is 0 Å². The van der Waals surface area contributed by atoms with Crippen LogP contribution in [-0.4, -0.2) is 13.6 Å². The van der Waals surface area contributed by atoms with Crippen LogP contribution in [0.5, 0.6) is 0 Å². The third-order valence-corrected chi connectivity index (χ3v) is 4.10. The molecule has 0 aromatic heterocycles. The Morgan fingerprint density at radius 3 is 2.50 bits per heavy atom. The minimum Gasteiger partial charge on any atom is -0.320 e. The lowest BCUT2D eigenvalue weighted by Gasteiger charge is -2.22. The van der Waals surface area contributed by atoms with Crippen molar-refractivity contribution in [1.29, 1.82) is 0 Å². The van der Waals surface area contributed by atoms with Gasteiger partial charge in [-0.3, -0.25) is 0 Å². The third-order valence-electron chi connectivity index (χ3n) is 4.10. The summed E-state index contributed by atoms with van der Waals surface area (Å²) >= 11 is 0. The molecule has 0 aromatic rings. The number of hydrogen-bond donors (Lipinski definition) is 1. The van der Waals surface area contributed by atoms with Crippen LogP contribution >= 0.6 is 0 Å². The van der Waals surface area contributed by atoms with Crippen LogP contribution in [0.2, 0.25) is 0 Å². The summed E-state index contributed by atoms with van der Waals surface area (Å²) < 4.78 is 0. The fourth-order valence-corrected chi connectivity index (χ4v) is 2.67. The van der Waals surface area contributed by atoms with Gasteiger partial charge in [-0.2, -0.15) is 0 Å². The first-order valence-electron chi connectivity index (χ1n) is 7.77. The highest BCUT2D eigenvalue weighted by atomic mass is 14.8. The first-order chi connectivity index (χ1) is 8.72. The smallest absolute Gasteiger partial charge is 0.00463 e. The molecule has 2 aliphatic rings. The van der Waals surface area contributed by atoms with E-state index in [1.165, 1.54) is 32.1 Å². The largest absolute Gasteiger partial charge is 0.320 e. The maximum absolute atomic E-state index is 3.25.